The zero-order valence-electron chi connectivity index (χ0n) is 13.5. The van der Waals surface area contributed by atoms with E-state index < -0.39 is 15.8 Å². The van der Waals surface area contributed by atoms with Gasteiger partial charge in [-0.05, 0) is 53.9 Å². The number of thiophene rings is 1. The summed E-state index contributed by atoms with van der Waals surface area (Å²) in [5.74, 6) is -0.824. The van der Waals surface area contributed by atoms with Gasteiger partial charge in [-0.25, -0.2) is 12.8 Å². The number of sulfonamides is 1. The van der Waals surface area contributed by atoms with E-state index in [9.17, 15) is 17.6 Å². The van der Waals surface area contributed by atoms with Crippen molar-refractivity contribution >= 4 is 33.0 Å². The quantitative estimate of drug-likeness (QED) is 0.675. The highest BCUT2D eigenvalue weighted by Crippen LogP contribution is 2.18. The normalized spacial score (nSPS) is 11.1. The fourth-order valence-electron chi connectivity index (χ4n) is 2.22. The topological polar surface area (TPSA) is 75.3 Å². The number of rotatable bonds is 6. The first-order valence-corrected chi connectivity index (χ1v) is 9.99. The maximum Gasteiger partial charge on any atom is 0.261 e. The molecule has 0 aliphatic rings. The van der Waals surface area contributed by atoms with Crippen molar-refractivity contribution in [2.24, 2.45) is 0 Å². The van der Waals surface area contributed by atoms with Crippen molar-refractivity contribution in [1.29, 1.82) is 0 Å². The SMILES string of the molecule is O=C(NCc1cccs1)c1cccc(S(=O)(=O)Nc2ccc(F)cc2)c1. The average Bonchev–Trinajstić information content (AvgIpc) is 3.15. The van der Waals surface area contributed by atoms with E-state index in [1.54, 1.807) is 6.07 Å². The lowest BCUT2D eigenvalue weighted by Crippen LogP contribution is -2.23. The van der Waals surface area contributed by atoms with Crippen LogP contribution in [0.5, 0.6) is 0 Å². The first kappa shape index (κ1) is 18.1. The first-order chi connectivity index (χ1) is 12.4. The van der Waals surface area contributed by atoms with Crippen LogP contribution in [-0.4, -0.2) is 14.3 Å². The molecule has 8 heteroatoms. The Balaban J connectivity index is 1.74. The zero-order chi connectivity index (χ0) is 18.6. The number of hydrogen-bond donors (Lipinski definition) is 2. The van der Waals surface area contributed by atoms with Gasteiger partial charge in [0.2, 0.25) is 0 Å². The highest BCUT2D eigenvalue weighted by molar-refractivity contribution is 7.92. The van der Waals surface area contributed by atoms with Crippen LogP contribution in [0.3, 0.4) is 0 Å². The summed E-state index contributed by atoms with van der Waals surface area (Å²) in [6.45, 7) is 0.376. The molecule has 0 unspecified atom stereocenters. The Labute approximate surface area is 154 Å². The molecule has 0 radical (unpaired) electrons. The molecular formula is C18H15FN2O3S2. The van der Waals surface area contributed by atoms with Gasteiger partial charge in [0, 0.05) is 16.1 Å². The number of benzene rings is 2. The third-order valence-electron chi connectivity index (χ3n) is 3.51. The molecule has 2 N–H and O–H groups in total. The molecule has 1 aromatic heterocycles. The fourth-order valence-corrected chi connectivity index (χ4v) is 3.97. The molecule has 3 rings (SSSR count). The lowest BCUT2D eigenvalue weighted by Gasteiger charge is -2.10. The molecule has 134 valence electrons. The van der Waals surface area contributed by atoms with Crippen LogP contribution in [-0.2, 0) is 16.6 Å². The van der Waals surface area contributed by atoms with E-state index >= 15 is 0 Å². The van der Waals surface area contributed by atoms with Crippen LogP contribution in [0.4, 0.5) is 10.1 Å². The summed E-state index contributed by atoms with van der Waals surface area (Å²) in [5.41, 5.74) is 0.475. The fraction of sp³-hybridized carbons (Fsp3) is 0.0556. The number of halogens is 1. The van der Waals surface area contributed by atoms with Crippen molar-refractivity contribution in [3.63, 3.8) is 0 Å². The minimum Gasteiger partial charge on any atom is -0.347 e. The second kappa shape index (κ2) is 7.67. The lowest BCUT2D eigenvalue weighted by molar-refractivity contribution is 0.0951. The van der Waals surface area contributed by atoms with Crippen molar-refractivity contribution in [2.45, 2.75) is 11.4 Å². The largest absolute Gasteiger partial charge is 0.347 e. The molecule has 5 nitrogen and oxygen atoms in total. The van der Waals surface area contributed by atoms with Crippen molar-refractivity contribution in [2.75, 3.05) is 4.72 Å². The number of carbonyl (C=O) groups excluding carboxylic acids is 1. The number of carbonyl (C=O) groups is 1. The summed E-state index contributed by atoms with van der Waals surface area (Å²) in [6, 6.07) is 14.5. The van der Waals surface area contributed by atoms with Crippen molar-refractivity contribution in [3.05, 3.63) is 82.3 Å². The van der Waals surface area contributed by atoms with Gasteiger partial charge >= 0.3 is 0 Å². The molecule has 0 saturated heterocycles. The third-order valence-corrected chi connectivity index (χ3v) is 5.76. The standard InChI is InChI=1S/C18H15FN2O3S2/c19-14-6-8-15(9-7-14)21-26(23,24)17-5-1-3-13(11-17)18(22)20-12-16-4-2-10-25-16/h1-11,21H,12H2,(H,20,22). The highest BCUT2D eigenvalue weighted by Gasteiger charge is 2.16. The first-order valence-electron chi connectivity index (χ1n) is 7.63. The summed E-state index contributed by atoms with van der Waals surface area (Å²) in [7, 11) is -3.89. The van der Waals surface area contributed by atoms with E-state index in [0.29, 0.717) is 6.54 Å². The Morgan fingerprint density at radius 3 is 2.50 bits per heavy atom. The molecule has 0 atom stereocenters. The Bertz CT molecular complexity index is 1000. The summed E-state index contributed by atoms with van der Waals surface area (Å²) in [6.07, 6.45) is 0. The van der Waals surface area contributed by atoms with E-state index in [2.05, 4.69) is 10.0 Å². The monoisotopic (exact) mass is 390 g/mol. The predicted molar refractivity (Wildman–Crippen MR) is 99.1 cm³/mol. The van der Waals surface area contributed by atoms with E-state index in [1.165, 1.54) is 41.7 Å². The molecule has 3 aromatic rings. The molecule has 0 saturated carbocycles. The maximum atomic E-state index is 12.9. The van der Waals surface area contributed by atoms with E-state index in [-0.39, 0.29) is 22.1 Å². The van der Waals surface area contributed by atoms with Crippen molar-refractivity contribution < 1.29 is 17.6 Å². The molecule has 0 aliphatic heterocycles. The second-order valence-electron chi connectivity index (χ2n) is 5.40. The van der Waals surface area contributed by atoms with Gasteiger partial charge in [-0.2, -0.15) is 0 Å². The molecule has 0 aliphatic carbocycles. The number of nitrogens with one attached hydrogen (secondary N) is 2. The maximum absolute atomic E-state index is 12.9. The molecule has 0 bridgehead atoms. The number of hydrogen-bond acceptors (Lipinski definition) is 4. The minimum atomic E-state index is -3.89. The van der Waals surface area contributed by atoms with Gasteiger partial charge in [0.05, 0.1) is 11.4 Å². The van der Waals surface area contributed by atoms with Crippen LogP contribution >= 0.6 is 11.3 Å². The van der Waals surface area contributed by atoms with Gasteiger partial charge in [-0.15, -0.1) is 11.3 Å². The molecular weight excluding hydrogens is 375 g/mol. The van der Waals surface area contributed by atoms with Crippen LogP contribution < -0.4 is 10.0 Å². The number of amides is 1. The van der Waals surface area contributed by atoms with Gasteiger partial charge in [0.15, 0.2) is 0 Å². The second-order valence-corrected chi connectivity index (χ2v) is 8.12. The van der Waals surface area contributed by atoms with Gasteiger partial charge in [0.1, 0.15) is 5.82 Å². The molecule has 0 fully saturated rings. The molecule has 2 aromatic carbocycles. The highest BCUT2D eigenvalue weighted by atomic mass is 32.2. The summed E-state index contributed by atoms with van der Waals surface area (Å²) in [4.78, 5) is 13.2. The predicted octanol–water partition coefficient (Wildman–Crippen LogP) is 3.62. The molecule has 1 amide bonds. The van der Waals surface area contributed by atoms with Gasteiger partial charge < -0.3 is 5.32 Å². The van der Waals surface area contributed by atoms with Crippen molar-refractivity contribution in [3.8, 4) is 0 Å². The molecule has 26 heavy (non-hydrogen) atoms. The van der Waals surface area contributed by atoms with Crippen LogP contribution in [0.15, 0.2) is 70.9 Å². The molecule has 0 spiro atoms. The Kier molecular flexibility index (Phi) is 5.34. The van der Waals surface area contributed by atoms with Crippen LogP contribution in [0, 0.1) is 5.82 Å². The summed E-state index contributed by atoms with van der Waals surface area (Å²) >= 11 is 1.52. The smallest absolute Gasteiger partial charge is 0.261 e. The van der Waals surface area contributed by atoms with E-state index in [4.69, 9.17) is 0 Å². The van der Waals surface area contributed by atoms with Gasteiger partial charge in [-0.3, -0.25) is 9.52 Å². The van der Waals surface area contributed by atoms with Crippen LogP contribution in [0.2, 0.25) is 0 Å². The third kappa shape index (κ3) is 4.47. The lowest BCUT2D eigenvalue weighted by atomic mass is 10.2. The van der Waals surface area contributed by atoms with Crippen LogP contribution in [0.1, 0.15) is 15.2 Å². The zero-order valence-corrected chi connectivity index (χ0v) is 15.1. The van der Waals surface area contributed by atoms with Crippen LogP contribution in [0.25, 0.3) is 0 Å². The van der Waals surface area contributed by atoms with E-state index in [0.717, 1.165) is 17.0 Å². The average molecular weight is 390 g/mol. The summed E-state index contributed by atoms with van der Waals surface area (Å²) in [5, 5.41) is 4.66. The summed E-state index contributed by atoms with van der Waals surface area (Å²) < 4.78 is 40.2. The Hall–Kier alpha value is -2.71. The van der Waals surface area contributed by atoms with Crippen molar-refractivity contribution in [1.82, 2.24) is 5.32 Å². The van der Waals surface area contributed by atoms with Gasteiger partial charge in [-0.1, -0.05) is 12.1 Å². The minimum absolute atomic E-state index is 0.0504. The van der Waals surface area contributed by atoms with Gasteiger partial charge in [0.25, 0.3) is 15.9 Å². The Morgan fingerprint density at radius 1 is 1.04 bits per heavy atom. The molecule has 1 heterocycles. The van der Waals surface area contributed by atoms with E-state index in [1.807, 2.05) is 17.5 Å². The Morgan fingerprint density at radius 2 is 1.81 bits per heavy atom. The number of anilines is 1.